The number of hydrogen-bond donors (Lipinski definition) is 0. The van der Waals surface area contributed by atoms with Crippen molar-refractivity contribution in [2.75, 3.05) is 4.90 Å². The van der Waals surface area contributed by atoms with Crippen molar-refractivity contribution >= 4 is 60.5 Å². The molecule has 2 heterocycles. The molecule has 1 aliphatic carbocycles. The molecule has 0 bridgehead atoms. The Morgan fingerprint density at radius 3 is 1.67 bits per heavy atom. The highest BCUT2D eigenvalue weighted by molar-refractivity contribution is 6.13. The molecule has 1 spiro atoms. The Morgan fingerprint density at radius 2 is 0.894 bits per heavy atom. The quantitative estimate of drug-likeness (QED) is 0.173. The summed E-state index contributed by atoms with van der Waals surface area (Å²) in [5.74, 6) is 1.86. The Labute approximate surface area is 382 Å². The number of anilines is 3. The van der Waals surface area contributed by atoms with E-state index in [9.17, 15) is 0 Å². The van der Waals surface area contributed by atoms with Gasteiger partial charge in [0.25, 0.3) is 0 Å². The zero-order valence-electron chi connectivity index (χ0n) is 35.8. The van der Waals surface area contributed by atoms with Crippen LogP contribution in [0.3, 0.4) is 0 Å². The van der Waals surface area contributed by atoms with Gasteiger partial charge in [0.05, 0.1) is 16.5 Å². The van der Waals surface area contributed by atoms with E-state index in [4.69, 9.17) is 9.15 Å². The molecular formula is C63H39NO2. The zero-order chi connectivity index (χ0) is 43.3. The van der Waals surface area contributed by atoms with Gasteiger partial charge in [0.15, 0.2) is 0 Å². The molecular weight excluding hydrogens is 803 g/mol. The van der Waals surface area contributed by atoms with Crippen LogP contribution in [0.15, 0.2) is 241 Å². The summed E-state index contributed by atoms with van der Waals surface area (Å²) in [6.45, 7) is 0. The maximum Gasteiger partial charge on any atom is 0.140 e. The van der Waals surface area contributed by atoms with E-state index in [1.165, 1.54) is 38.9 Å². The number of nitrogens with zero attached hydrogens (tertiary/aromatic N) is 1. The first-order valence-electron chi connectivity index (χ1n) is 22.7. The minimum atomic E-state index is -0.585. The van der Waals surface area contributed by atoms with Gasteiger partial charge in [-0.2, -0.15) is 0 Å². The highest BCUT2D eigenvalue weighted by Gasteiger charge is 2.51. The molecule has 0 fully saturated rings. The van der Waals surface area contributed by atoms with Crippen molar-refractivity contribution in [1.29, 1.82) is 0 Å². The lowest BCUT2D eigenvalue weighted by molar-refractivity contribution is 0.447. The molecule has 2 aliphatic rings. The molecule has 3 heteroatoms. The van der Waals surface area contributed by atoms with Crippen LogP contribution in [0.1, 0.15) is 22.3 Å². The average molecular weight is 842 g/mol. The van der Waals surface area contributed by atoms with Crippen LogP contribution in [-0.2, 0) is 5.41 Å². The van der Waals surface area contributed by atoms with Crippen LogP contribution < -0.4 is 9.64 Å². The molecule has 14 rings (SSSR count). The Bertz CT molecular complexity index is 3830. The van der Waals surface area contributed by atoms with Gasteiger partial charge in [-0.15, -0.1) is 0 Å². The lowest BCUT2D eigenvalue weighted by Gasteiger charge is -2.40. The molecule has 12 aromatic rings. The second-order valence-electron chi connectivity index (χ2n) is 17.5. The van der Waals surface area contributed by atoms with Crippen molar-refractivity contribution in [3.8, 4) is 44.9 Å². The van der Waals surface area contributed by atoms with Crippen LogP contribution in [0.5, 0.6) is 11.5 Å². The highest BCUT2D eigenvalue weighted by atomic mass is 16.5. The Morgan fingerprint density at radius 1 is 0.333 bits per heavy atom. The summed E-state index contributed by atoms with van der Waals surface area (Å²) in [5, 5.41) is 6.75. The number of furan rings is 1. The van der Waals surface area contributed by atoms with Crippen LogP contribution >= 0.6 is 0 Å². The average Bonchev–Trinajstić information content (AvgIpc) is 3.91. The predicted octanol–water partition coefficient (Wildman–Crippen LogP) is 17.2. The van der Waals surface area contributed by atoms with Crippen LogP contribution in [0.4, 0.5) is 17.1 Å². The lowest BCUT2D eigenvalue weighted by Crippen LogP contribution is -2.32. The summed E-state index contributed by atoms with van der Waals surface area (Å²) in [4.78, 5) is 2.37. The Hall–Kier alpha value is -8.66. The molecule has 1 aromatic heterocycles. The van der Waals surface area contributed by atoms with E-state index in [2.05, 4.69) is 235 Å². The topological polar surface area (TPSA) is 25.6 Å². The van der Waals surface area contributed by atoms with Crippen molar-refractivity contribution < 1.29 is 9.15 Å². The van der Waals surface area contributed by atoms with E-state index in [-0.39, 0.29) is 0 Å². The molecule has 1 aliphatic heterocycles. The molecule has 0 radical (unpaired) electrons. The van der Waals surface area contributed by atoms with Crippen LogP contribution in [0.25, 0.3) is 76.9 Å². The summed E-state index contributed by atoms with van der Waals surface area (Å²) in [6.07, 6.45) is 0. The van der Waals surface area contributed by atoms with Gasteiger partial charge in [-0.05, 0) is 104 Å². The second-order valence-corrected chi connectivity index (χ2v) is 17.5. The molecule has 11 aromatic carbocycles. The van der Waals surface area contributed by atoms with Crippen molar-refractivity contribution in [3.63, 3.8) is 0 Å². The van der Waals surface area contributed by atoms with Gasteiger partial charge in [0, 0.05) is 38.7 Å². The maximum absolute atomic E-state index is 7.17. The minimum absolute atomic E-state index is 0.585. The zero-order valence-corrected chi connectivity index (χ0v) is 35.8. The second kappa shape index (κ2) is 14.2. The van der Waals surface area contributed by atoms with Crippen molar-refractivity contribution in [3.05, 3.63) is 259 Å². The van der Waals surface area contributed by atoms with Crippen molar-refractivity contribution in [2.45, 2.75) is 5.41 Å². The van der Waals surface area contributed by atoms with E-state index < -0.39 is 5.41 Å². The molecule has 0 amide bonds. The van der Waals surface area contributed by atoms with Gasteiger partial charge < -0.3 is 14.1 Å². The van der Waals surface area contributed by atoms with E-state index in [1.807, 2.05) is 6.07 Å². The molecule has 0 unspecified atom stereocenters. The third-order valence-corrected chi connectivity index (χ3v) is 14.1. The first-order valence-corrected chi connectivity index (χ1v) is 22.7. The molecule has 66 heavy (non-hydrogen) atoms. The Balaban J connectivity index is 0.941. The summed E-state index contributed by atoms with van der Waals surface area (Å²) in [7, 11) is 0. The number of rotatable bonds is 5. The number of benzene rings is 11. The van der Waals surface area contributed by atoms with E-state index in [1.54, 1.807) is 0 Å². The Kier molecular flexibility index (Phi) is 7.90. The fraction of sp³-hybridized carbons (Fsp3) is 0.0159. The van der Waals surface area contributed by atoms with Gasteiger partial charge in [-0.3, -0.25) is 0 Å². The van der Waals surface area contributed by atoms with Gasteiger partial charge in [0.1, 0.15) is 22.7 Å². The third-order valence-electron chi connectivity index (χ3n) is 14.1. The molecule has 0 N–H and O–H groups in total. The largest absolute Gasteiger partial charge is 0.456 e. The van der Waals surface area contributed by atoms with Crippen LogP contribution in [0, 0.1) is 0 Å². The third kappa shape index (κ3) is 5.26. The summed E-state index contributed by atoms with van der Waals surface area (Å²) in [5.41, 5.74) is 16.4. The van der Waals surface area contributed by atoms with Crippen molar-refractivity contribution in [1.82, 2.24) is 0 Å². The number of hydrogen-bond acceptors (Lipinski definition) is 3. The summed E-state index contributed by atoms with van der Waals surface area (Å²) in [6, 6.07) is 85.6. The first kappa shape index (κ1) is 36.8. The van der Waals surface area contributed by atoms with Gasteiger partial charge in [-0.1, -0.05) is 188 Å². The lowest BCUT2D eigenvalue weighted by atomic mass is 9.65. The fourth-order valence-electron chi connectivity index (χ4n) is 11.2. The van der Waals surface area contributed by atoms with E-state index in [0.29, 0.717) is 0 Å². The van der Waals surface area contributed by atoms with E-state index in [0.717, 1.165) is 88.7 Å². The molecule has 0 atom stereocenters. The molecule has 3 nitrogen and oxygen atoms in total. The summed E-state index contributed by atoms with van der Waals surface area (Å²) < 4.78 is 13.6. The molecule has 308 valence electrons. The number of ether oxygens (including phenoxy) is 1. The number of fused-ring (bicyclic) bond motifs is 16. The minimum Gasteiger partial charge on any atom is -0.456 e. The highest BCUT2D eigenvalue weighted by Crippen LogP contribution is 2.64. The monoisotopic (exact) mass is 841 g/mol. The fourth-order valence-corrected chi connectivity index (χ4v) is 11.2. The van der Waals surface area contributed by atoms with Crippen LogP contribution in [0.2, 0.25) is 0 Å². The van der Waals surface area contributed by atoms with Gasteiger partial charge in [0.2, 0.25) is 0 Å². The normalized spacial score (nSPS) is 13.1. The van der Waals surface area contributed by atoms with Crippen molar-refractivity contribution in [2.24, 2.45) is 0 Å². The SMILES string of the molecule is c1ccc(-c2cccc(N(c3ccc(-c4ccc5c(c4)-c4ccccc4C54c5ccc6ccccc6c5Oc5c4ccc4ccccc54)cc3)c3cccc4oc5ccccc5c34)c2)cc1. The van der Waals surface area contributed by atoms with Crippen LogP contribution in [-0.4, -0.2) is 0 Å². The predicted molar refractivity (Wildman–Crippen MR) is 272 cm³/mol. The molecule has 0 saturated carbocycles. The maximum atomic E-state index is 7.17. The first-order chi connectivity index (χ1) is 32.7. The molecule has 0 saturated heterocycles. The number of para-hydroxylation sites is 1. The van der Waals surface area contributed by atoms with Gasteiger partial charge in [-0.25, -0.2) is 0 Å². The van der Waals surface area contributed by atoms with E-state index >= 15 is 0 Å². The van der Waals surface area contributed by atoms with Gasteiger partial charge >= 0.3 is 0 Å². The summed E-state index contributed by atoms with van der Waals surface area (Å²) >= 11 is 0. The standard InChI is InChI=1S/C63H39NO2/c1-2-14-40(15-3-1)44-18-12-19-47(38-44)64(57-25-13-27-59-60(57)51-23-9-11-26-58(51)65-59)46-33-28-41(29-34-46)45-32-35-54-52(39-45)50-22-8-10-24-53(50)63(54)55-36-30-42-16-4-6-20-48(42)61(55)66-62-49-21-7-5-17-43(49)31-37-56(62)63/h1-39H. The smallest absolute Gasteiger partial charge is 0.140 e.